The van der Waals surface area contributed by atoms with E-state index in [1.807, 2.05) is 43.0 Å². The quantitative estimate of drug-likeness (QED) is 0.0279. The number of amides is 2. The van der Waals surface area contributed by atoms with E-state index in [4.69, 9.17) is 20.2 Å². The molecule has 0 aliphatic carbocycles. The number of aliphatic hydroxyl groups is 1. The maximum absolute atomic E-state index is 14.1. The minimum atomic E-state index is -3.79. The summed E-state index contributed by atoms with van der Waals surface area (Å²) in [6.07, 6.45) is 5.87. The first kappa shape index (κ1) is 52.8. The molecule has 18 heteroatoms. The summed E-state index contributed by atoms with van der Waals surface area (Å²) in [5.41, 5.74) is 8.37. The van der Waals surface area contributed by atoms with E-state index in [1.54, 1.807) is 32.0 Å². The van der Waals surface area contributed by atoms with Crippen LogP contribution in [0.5, 0.6) is 5.75 Å². The van der Waals surface area contributed by atoms with Crippen LogP contribution in [0.1, 0.15) is 104 Å². The smallest absolute Gasteiger partial charge is 0.317 e. The average molecular weight is 958 g/mol. The van der Waals surface area contributed by atoms with Crippen LogP contribution in [-0.2, 0) is 35.6 Å². The SMILES string of the molecule is CCCN(CCC)C(=O)C1=Cc2c(CCCCNC(=O)CCC(C)(C)OCCC(C)(C)C(=O)Oc3c(F)c(F)cc(F)c3F)cc(-c3cccc(S(=O)(=O)N4CC(CO)C4)c3)cc2N=C(N)C1. The lowest BCUT2D eigenvalue weighted by Gasteiger charge is -2.36. The summed E-state index contributed by atoms with van der Waals surface area (Å²) in [4.78, 5) is 46.3. The highest BCUT2D eigenvalue weighted by atomic mass is 32.2. The van der Waals surface area contributed by atoms with Crippen molar-refractivity contribution in [2.75, 3.05) is 45.9 Å². The van der Waals surface area contributed by atoms with Crippen molar-refractivity contribution in [3.05, 3.63) is 82.4 Å². The third-order valence-electron chi connectivity index (χ3n) is 11.9. The van der Waals surface area contributed by atoms with Crippen LogP contribution in [0.15, 0.2) is 57.9 Å². The summed E-state index contributed by atoms with van der Waals surface area (Å²) in [5.74, 6) is -9.74. The zero-order valence-electron chi connectivity index (χ0n) is 39.2. The predicted octanol–water partition coefficient (Wildman–Crippen LogP) is 7.98. The summed E-state index contributed by atoms with van der Waals surface area (Å²) in [7, 11) is -3.79. The second-order valence-electron chi connectivity index (χ2n) is 18.4. The molecule has 4 N–H and O–H groups in total. The van der Waals surface area contributed by atoms with Crippen LogP contribution < -0.4 is 15.8 Å². The van der Waals surface area contributed by atoms with Gasteiger partial charge in [-0.25, -0.2) is 22.2 Å². The number of rotatable bonds is 23. The normalized spacial score (nSPS) is 14.7. The number of esters is 1. The van der Waals surface area contributed by atoms with Crippen LogP contribution in [0.4, 0.5) is 23.2 Å². The van der Waals surface area contributed by atoms with Gasteiger partial charge in [0.05, 0.1) is 21.6 Å². The number of aryl methyl sites for hydroxylation is 1. The number of amidine groups is 1. The van der Waals surface area contributed by atoms with Gasteiger partial charge in [0, 0.05) is 81.9 Å². The summed E-state index contributed by atoms with van der Waals surface area (Å²) in [6.45, 7) is 12.4. The number of carbonyl (C=O) groups is 3. The van der Waals surface area contributed by atoms with Crippen molar-refractivity contribution in [3.63, 3.8) is 0 Å². The van der Waals surface area contributed by atoms with Crippen molar-refractivity contribution < 1.29 is 54.9 Å². The number of aliphatic imine (C=N–C) groups is 1. The second-order valence-corrected chi connectivity index (χ2v) is 20.4. The topological polar surface area (TPSA) is 181 Å². The van der Waals surface area contributed by atoms with E-state index < -0.39 is 56.0 Å². The monoisotopic (exact) mass is 957 g/mol. The number of nitrogens with zero attached hydrogens (tertiary/aromatic N) is 3. The molecule has 1 fully saturated rings. The van der Waals surface area contributed by atoms with Gasteiger partial charge in [0.15, 0.2) is 11.6 Å². The molecule has 5 rings (SSSR count). The number of unbranched alkanes of at least 4 members (excludes halogenated alkanes) is 1. The number of ether oxygens (including phenoxy) is 2. The van der Waals surface area contributed by atoms with Gasteiger partial charge in [0.1, 0.15) is 5.84 Å². The molecule has 3 aromatic carbocycles. The van der Waals surface area contributed by atoms with Crippen molar-refractivity contribution in [1.29, 1.82) is 0 Å². The molecular formula is C49H63F4N5O8S. The first-order chi connectivity index (χ1) is 31.6. The second kappa shape index (κ2) is 22.8. The van der Waals surface area contributed by atoms with Crippen LogP contribution >= 0.6 is 0 Å². The Morgan fingerprint density at radius 3 is 2.25 bits per heavy atom. The number of hydrogen-bond acceptors (Lipinski definition) is 10. The Balaban J connectivity index is 1.22. The van der Waals surface area contributed by atoms with Gasteiger partial charge in [0.25, 0.3) is 0 Å². The molecule has 2 heterocycles. The molecule has 0 spiro atoms. The zero-order chi connectivity index (χ0) is 49.3. The van der Waals surface area contributed by atoms with E-state index in [2.05, 4.69) is 5.32 Å². The van der Waals surface area contributed by atoms with Crippen LogP contribution in [0, 0.1) is 34.6 Å². The number of sulfonamides is 1. The Morgan fingerprint density at radius 1 is 0.940 bits per heavy atom. The number of nitrogens with one attached hydrogen (secondary N) is 1. The van der Waals surface area contributed by atoms with Crippen LogP contribution in [0.25, 0.3) is 17.2 Å². The number of halogens is 4. The lowest BCUT2D eigenvalue weighted by Crippen LogP contribution is -2.51. The van der Waals surface area contributed by atoms with E-state index in [-0.39, 0.29) is 80.1 Å². The number of aliphatic hydroxyl groups excluding tert-OH is 1. The van der Waals surface area contributed by atoms with E-state index in [0.29, 0.717) is 67.7 Å². The minimum absolute atomic E-state index is 0.00245. The highest BCUT2D eigenvalue weighted by Crippen LogP contribution is 2.37. The first-order valence-electron chi connectivity index (χ1n) is 22.8. The molecule has 0 radical (unpaired) electrons. The molecule has 2 amide bonds. The Labute approximate surface area is 390 Å². The van der Waals surface area contributed by atoms with Crippen LogP contribution in [0.3, 0.4) is 0 Å². The number of carbonyl (C=O) groups excluding carboxylic acids is 3. The van der Waals surface area contributed by atoms with Crippen LogP contribution in [-0.4, -0.2) is 97.9 Å². The molecule has 0 bridgehead atoms. The molecule has 13 nitrogen and oxygen atoms in total. The summed E-state index contributed by atoms with van der Waals surface area (Å²) < 4.78 is 94.5. The molecule has 67 heavy (non-hydrogen) atoms. The predicted molar refractivity (Wildman–Crippen MR) is 248 cm³/mol. The molecule has 2 aliphatic rings. The van der Waals surface area contributed by atoms with Gasteiger partial charge >= 0.3 is 5.97 Å². The summed E-state index contributed by atoms with van der Waals surface area (Å²) in [5, 5.41) is 12.4. The first-order valence-corrected chi connectivity index (χ1v) is 24.2. The third kappa shape index (κ3) is 13.5. The number of fused-ring (bicyclic) bond motifs is 1. The van der Waals surface area contributed by atoms with Gasteiger partial charge in [0.2, 0.25) is 39.2 Å². The van der Waals surface area contributed by atoms with E-state index in [1.165, 1.54) is 18.2 Å². The molecule has 3 aromatic rings. The molecule has 0 unspecified atom stereocenters. The Morgan fingerprint density at radius 2 is 1.61 bits per heavy atom. The Kier molecular flexibility index (Phi) is 17.9. The van der Waals surface area contributed by atoms with Crippen molar-refractivity contribution >= 4 is 45.4 Å². The van der Waals surface area contributed by atoms with Gasteiger partial charge in [-0.3, -0.25) is 14.4 Å². The van der Waals surface area contributed by atoms with Crippen molar-refractivity contribution in [1.82, 2.24) is 14.5 Å². The molecule has 0 atom stereocenters. The number of benzene rings is 3. The number of hydrogen-bond donors (Lipinski definition) is 3. The number of nitrogens with two attached hydrogens (primary N) is 1. The standard InChI is InChI=1S/C49H63F4N5O8S/c1-7-19-57(20-8-2)46(61)35-24-37-33(22-34(25-40(37)56-41(54)26-35)32-13-11-14-36(23-32)67(63,64)58-28-31(29-58)30-59)12-9-10-18-55-42(60)15-16-49(5,6)65-21-17-48(3,4)47(62)66-45-43(52)38(50)27-39(51)44(45)53/h11,13-14,22-25,27,31,59H,7-10,12,15-21,26,28-30H2,1-6H3,(H2,54,56)(H,55,60). The molecular weight excluding hydrogens is 895 g/mol. The zero-order valence-corrected chi connectivity index (χ0v) is 40.0. The van der Waals surface area contributed by atoms with Gasteiger partial charge < -0.3 is 30.5 Å². The maximum atomic E-state index is 14.1. The molecule has 366 valence electrons. The fourth-order valence-electron chi connectivity index (χ4n) is 7.76. The lowest BCUT2D eigenvalue weighted by atomic mass is 9.89. The van der Waals surface area contributed by atoms with Crippen LogP contribution in [0.2, 0.25) is 0 Å². The van der Waals surface area contributed by atoms with Gasteiger partial charge in [-0.15, -0.1) is 0 Å². The highest BCUT2D eigenvalue weighted by molar-refractivity contribution is 7.89. The van der Waals surface area contributed by atoms with E-state index in [0.717, 1.165) is 24.0 Å². The maximum Gasteiger partial charge on any atom is 0.317 e. The van der Waals surface area contributed by atoms with E-state index in [9.17, 15) is 45.5 Å². The minimum Gasteiger partial charge on any atom is -0.420 e. The summed E-state index contributed by atoms with van der Waals surface area (Å²) >= 11 is 0. The highest BCUT2D eigenvalue weighted by Gasteiger charge is 2.37. The largest absolute Gasteiger partial charge is 0.420 e. The van der Waals surface area contributed by atoms with Crippen molar-refractivity contribution in [2.24, 2.45) is 22.1 Å². The lowest BCUT2D eigenvalue weighted by molar-refractivity contribution is -0.146. The fraction of sp³-hybridized carbons (Fsp3) is 0.510. The summed E-state index contributed by atoms with van der Waals surface area (Å²) in [6, 6.07) is 10.5. The van der Waals surface area contributed by atoms with Gasteiger partial charge in [-0.2, -0.15) is 13.1 Å². The fourth-order valence-corrected chi connectivity index (χ4v) is 9.40. The van der Waals surface area contributed by atoms with Gasteiger partial charge in [-0.05, 0) is 114 Å². The molecule has 0 aromatic heterocycles. The van der Waals surface area contributed by atoms with Crippen molar-refractivity contribution in [2.45, 2.75) is 110 Å². The molecule has 0 saturated carbocycles. The van der Waals surface area contributed by atoms with Crippen molar-refractivity contribution in [3.8, 4) is 16.9 Å². The van der Waals surface area contributed by atoms with Gasteiger partial charge in [-0.1, -0.05) is 32.0 Å². The molecule has 2 aliphatic heterocycles. The molecule has 1 saturated heterocycles. The Hall–Kier alpha value is -5.17. The third-order valence-corrected chi connectivity index (χ3v) is 13.7. The average Bonchev–Trinajstić information content (AvgIpc) is 3.43. The Bertz CT molecular complexity index is 2440. The van der Waals surface area contributed by atoms with E-state index >= 15 is 0 Å².